The molecule has 0 radical (unpaired) electrons. The van der Waals surface area contributed by atoms with Gasteiger partial charge in [0.05, 0.1) is 6.10 Å². The first-order chi connectivity index (χ1) is 8.63. The van der Waals surface area contributed by atoms with Crippen molar-refractivity contribution < 1.29 is 5.11 Å². The lowest BCUT2D eigenvalue weighted by Gasteiger charge is -2.11. The fourth-order valence-corrected chi connectivity index (χ4v) is 2.44. The first kappa shape index (κ1) is 13.2. The molecule has 0 saturated carbocycles. The van der Waals surface area contributed by atoms with E-state index in [1.807, 2.05) is 12.1 Å². The number of rotatable bonds is 4. The maximum Gasteiger partial charge on any atom is 0.0621 e. The first-order valence-corrected chi connectivity index (χ1v) is 6.76. The van der Waals surface area contributed by atoms with E-state index in [0.29, 0.717) is 12.8 Å². The summed E-state index contributed by atoms with van der Waals surface area (Å²) in [6, 6.07) is 10.2. The van der Waals surface area contributed by atoms with Crippen LogP contribution in [0.1, 0.15) is 16.7 Å². The monoisotopic (exact) mass is 305 g/mol. The quantitative estimate of drug-likeness (QED) is 0.940. The van der Waals surface area contributed by atoms with Gasteiger partial charge in [0.2, 0.25) is 0 Å². The second-order valence-corrected chi connectivity index (χ2v) is 5.48. The summed E-state index contributed by atoms with van der Waals surface area (Å²) in [5.41, 5.74) is 3.44. The number of aliphatic hydroxyl groups is 1. The molecule has 18 heavy (non-hydrogen) atoms. The average Bonchev–Trinajstić information content (AvgIpc) is 2.28. The first-order valence-electron chi connectivity index (χ1n) is 5.96. The summed E-state index contributed by atoms with van der Waals surface area (Å²) in [5, 5.41) is 10.1. The van der Waals surface area contributed by atoms with Gasteiger partial charge in [-0.15, -0.1) is 0 Å². The van der Waals surface area contributed by atoms with E-state index in [2.05, 4.69) is 46.0 Å². The second kappa shape index (κ2) is 6.12. The molecule has 2 nitrogen and oxygen atoms in total. The summed E-state index contributed by atoms with van der Waals surface area (Å²) in [6.07, 6.45) is 4.47. The third-order valence-corrected chi connectivity index (χ3v) is 3.22. The standard InChI is InChI=1S/C15H16BrNO/c1-11-3-2-4-12(5-11)7-15(18)8-13-6-14(16)10-17-9-13/h2-6,9-10,15,18H,7-8H2,1H3. The highest BCUT2D eigenvalue weighted by atomic mass is 79.9. The lowest BCUT2D eigenvalue weighted by atomic mass is 10.0. The van der Waals surface area contributed by atoms with E-state index < -0.39 is 0 Å². The molecule has 2 aromatic rings. The van der Waals surface area contributed by atoms with Gasteiger partial charge in [0, 0.05) is 23.3 Å². The van der Waals surface area contributed by atoms with E-state index in [-0.39, 0.29) is 6.10 Å². The molecule has 94 valence electrons. The Morgan fingerprint density at radius 3 is 2.67 bits per heavy atom. The van der Waals surface area contributed by atoms with Gasteiger partial charge in [-0.3, -0.25) is 4.98 Å². The SMILES string of the molecule is Cc1cccc(CC(O)Cc2cncc(Br)c2)c1. The Morgan fingerprint density at radius 2 is 1.94 bits per heavy atom. The highest BCUT2D eigenvalue weighted by molar-refractivity contribution is 9.10. The summed E-state index contributed by atoms with van der Waals surface area (Å²) in [5.74, 6) is 0. The highest BCUT2D eigenvalue weighted by Gasteiger charge is 2.07. The van der Waals surface area contributed by atoms with Crippen molar-refractivity contribution in [3.8, 4) is 0 Å². The zero-order valence-electron chi connectivity index (χ0n) is 10.3. The van der Waals surface area contributed by atoms with Crippen LogP contribution in [0, 0.1) is 6.92 Å². The summed E-state index contributed by atoms with van der Waals surface area (Å²) in [7, 11) is 0. The summed E-state index contributed by atoms with van der Waals surface area (Å²) < 4.78 is 0.947. The van der Waals surface area contributed by atoms with Crippen LogP contribution < -0.4 is 0 Å². The summed E-state index contributed by atoms with van der Waals surface area (Å²) >= 11 is 3.38. The Labute approximate surface area is 116 Å². The number of benzene rings is 1. The molecule has 1 aromatic carbocycles. The largest absolute Gasteiger partial charge is 0.392 e. The summed E-state index contributed by atoms with van der Waals surface area (Å²) in [6.45, 7) is 2.06. The molecular formula is C15H16BrNO. The van der Waals surface area contributed by atoms with Crippen molar-refractivity contribution in [3.05, 3.63) is 63.9 Å². The topological polar surface area (TPSA) is 33.1 Å². The third kappa shape index (κ3) is 3.93. The fraction of sp³-hybridized carbons (Fsp3) is 0.267. The van der Waals surface area contributed by atoms with Crippen LogP contribution in [0.15, 0.2) is 47.2 Å². The van der Waals surface area contributed by atoms with Gasteiger partial charge in [0.25, 0.3) is 0 Å². The van der Waals surface area contributed by atoms with Crippen LogP contribution in [0.4, 0.5) is 0 Å². The minimum Gasteiger partial charge on any atom is -0.392 e. The smallest absolute Gasteiger partial charge is 0.0621 e. The van der Waals surface area contributed by atoms with Crippen molar-refractivity contribution in [2.75, 3.05) is 0 Å². The molecule has 0 amide bonds. The van der Waals surface area contributed by atoms with Crippen molar-refractivity contribution in [1.82, 2.24) is 4.98 Å². The summed E-state index contributed by atoms with van der Waals surface area (Å²) in [4.78, 5) is 4.10. The van der Waals surface area contributed by atoms with Crippen LogP contribution in [0.25, 0.3) is 0 Å². The van der Waals surface area contributed by atoms with Crippen molar-refractivity contribution in [1.29, 1.82) is 0 Å². The van der Waals surface area contributed by atoms with Gasteiger partial charge in [0.1, 0.15) is 0 Å². The van der Waals surface area contributed by atoms with E-state index in [1.54, 1.807) is 12.4 Å². The maximum atomic E-state index is 10.1. The molecule has 0 spiro atoms. The molecule has 0 aliphatic heterocycles. The molecule has 0 saturated heterocycles. The van der Waals surface area contributed by atoms with Crippen molar-refractivity contribution in [2.45, 2.75) is 25.9 Å². The Kier molecular flexibility index (Phi) is 4.50. The molecule has 1 aromatic heterocycles. The minimum absolute atomic E-state index is 0.372. The van der Waals surface area contributed by atoms with Gasteiger partial charge in [-0.1, -0.05) is 29.8 Å². The molecule has 1 unspecified atom stereocenters. The lowest BCUT2D eigenvalue weighted by Crippen LogP contribution is -2.14. The van der Waals surface area contributed by atoms with Crippen LogP contribution >= 0.6 is 15.9 Å². The van der Waals surface area contributed by atoms with E-state index >= 15 is 0 Å². The van der Waals surface area contributed by atoms with Crippen LogP contribution in [0.2, 0.25) is 0 Å². The molecule has 0 bridgehead atoms. The molecule has 2 rings (SSSR count). The third-order valence-electron chi connectivity index (χ3n) is 2.79. The van der Waals surface area contributed by atoms with Gasteiger partial charge in [-0.25, -0.2) is 0 Å². The molecule has 0 aliphatic carbocycles. The molecule has 3 heteroatoms. The molecular weight excluding hydrogens is 290 g/mol. The zero-order chi connectivity index (χ0) is 13.0. The van der Waals surface area contributed by atoms with E-state index in [1.165, 1.54) is 11.1 Å². The number of halogens is 1. The number of aryl methyl sites for hydroxylation is 1. The Hall–Kier alpha value is -1.19. The van der Waals surface area contributed by atoms with Crippen LogP contribution in [0.5, 0.6) is 0 Å². The van der Waals surface area contributed by atoms with Crippen molar-refractivity contribution in [2.24, 2.45) is 0 Å². The number of hydrogen-bond acceptors (Lipinski definition) is 2. The van der Waals surface area contributed by atoms with Crippen molar-refractivity contribution in [3.63, 3.8) is 0 Å². The maximum absolute atomic E-state index is 10.1. The normalized spacial score (nSPS) is 12.4. The number of aromatic nitrogens is 1. The molecule has 1 N–H and O–H groups in total. The second-order valence-electron chi connectivity index (χ2n) is 4.56. The zero-order valence-corrected chi connectivity index (χ0v) is 11.9. The number of pyridine rings is 1. The van der Waals surface area contributed by atoms with Crippen molar-refractivity contribution >= 4 is 15.9 Å². The minimum atomic E-state index is -0.372. The lowest BCUT2D eigenvalue weighted by molar-refractivity contribution is 0.175. The highest BCUT2D eigenvalue weighted by Crippen LogP contribution is 2.13. The average molecular weight is 306 g/mol. The fourth-order valence-electron chi connectivity index (χ4n) is 2.02. The van der Waals surface area contributed by atoms with E-state index in [4.69, 9.17) is 0 Å². The number of hydrogen-bond donors (Lipinski definition) is 1. The number of aliphatic hydroxyl groups excluding tert-OH is 1. The predicted molar refractivity (Wildman–Crippen MR) is 76.5 cm³/mol. The van der Waals surface area contributed by atoms with Crippen LogP contribution in [-0.2, 0) is 12.8 Å². The van der Waals surface area contributed by atoms with Crippen LogP contribution in [0.3, 0.4) is 0 Å². The van der Waals surface area contributed by atoms with Gasteiger partial charge in [-0.2, -0.15) is 0 Å². The molecule has 1 heterocycles. The molecule has 1 atom stereocenters. The van der Waals surface area contributed by atoms with Gasteiger partial charge < -0.3 is 5.11 Å². The molecule has 0 aliphatic rings. The van der Waals surface area contributed by atoms with Gasteiger partial charge in [0.15, 0.2) is 0 Å². The van der Waals surface area contributed by atoms with E-state index in [9.17, 15) is 5.11 Å². The van der Waals surface area contributed by atoms with E-state index in [0.717, 1.165) is 10.0 Å². The Bertz CT molecular complexity index is 480. The predicted octanol–water partition coefficient (Wildman–Crippen LogP) is 3.30. The molecule has 0 fully saturated rings. The Balaban J connectivity index is 1.98. The van der Waals surface area contributed by atoms with Crippen LogP contribution in [-0.4, -0.2) is 16.2 Å². The Morgan fingerprint density at radius 1 is 1.17 bits per heavy atom. The van der Waals surface area contributed by atoms with Gasteiger partial charge >= 0.3 is 0 Å². The van der Waals surface area contributed by atoms with Gasteiger partial charge in [-0.05, 0) is 46.5 Å². The number of nitrogens with zero attached hydrogens (tertiary/aromatic N) is 1.